The number of anilines is 2. The van der Waals surface area contributed by atoms with E-state index in [0.717, 1.165) is 16.9 Å². The van der Waals surface area contributed by atoms with Gasteiger partial charge in [-0.05, 0) is 67.1 Å². The van der Waals surface area contributed by atoms with Crippen molar-refractivity contribution >= 4 is 22.8 Å². The molecule has 0 unspecified atom stereocenters. The van der Waals surface area contributed by atoms with Gasteiger partial charge in [-0.2, -0.15) is 0 Å². The van der Waals surface area contributed by atoms with Crippen LogP contribution < -0.4 is 11.1 Å². The summed E-state index contributed by atoms with van der Waals surface area (Å²) in [6, 6.07) is 13.4. The molecule has 4 heteroatoms. The van der Waals surface area contributed by atoms with Gasteiger partial charge in [0, 0.05) is 22.8 Å². The van der Waals surface area contributed by atoms with E-state index in [0.29, 0.717) is 11.4 Å². The Balaban J connectivity index is 2.31. The minimum absolute atomic E-state index is 0.285. The molecule has 0 atom stereocenters. The lowest BCUT2D eigenvalue weighted by Gasteiger charge is -2.12. The van der Waals surface area contributed by atoms with Crippen LogP contribution in [0.3, 0.4) is 0 Å². The molecule has 4 N–H and O–H groups in total. The highest BCUT2D eigenvalue weighted by molar-refractivity contribution is 5.99. The smallest absolute Gasteiger partial charge is 0.123 e. The predicted molar refractivity (Wildman–Crippen MR) is 82.3 cm³/mol. The summed E-state index contributed by atoms with van der Waals surface area (Å²) in [5, 5.41) is 10.8. The molecule has 20 heavy (non-hydrogen) atoms. The molecule has 0 saturated carbocycles. The SMILES string of the molecule is CC(=N)/C=C(\Nc1ccc(N)cc1)c1ccc(F)cc1. The molecule has 2 aromatic carbocycles. The summed E-state index contributed by atoms with van der Waals surface area (Å²) in [5.74, 6) is -0.285. The highest BCUT2D eigenvalue weighted by Crippen LogP contribution is 2.20. The Hall–Kier alpha value is -2.62. The first-order chi connectivity index (χ1) is 9.54. The minimum atomic E-state index is -0.285. The first kappa shape index (κ1) is 13.8. The van der Waals surface area contributed by atoms with Gasteiger partial charge >= 0.3 is 0 Å². The van der Waals surface area contributed by atoms with Gasteiger partial charge in [-0.1, -0.05) is 0 Å². The van der Waals surface area contributed by atoms with E-state index in [1.54, 1.807) is 37.3 Å². The summed E-state index contributed by atoms with van der Waals surface area (Å²) >= 11 is 0. The zero-order valence-corrected chi connectivity index (χ0v) is 11.2. The number of halogens is 1. The van der Waals surface area contributed by atoms with Crippen LogP contribution in [0.1, 0.15) is 12.5 Å². The average Bonchev–Trinajstić information content (AvgIpc) is 2.41. The molecule has 2 rings (SSSR count). The summed E-state index contributed by atoms with van der Waals surface area (Å²) in [4.78, 5) is 0. The second-order valence-corrected chi connectivity index (χ2v) is 4.49. The molecule has 0 fully saturated rings. The van der Waals surface area contributed by atoms with Crippen molar-refractivity contribution in [3.8, 4) is 0 Å². The van der Waals surface area contributed by atoms with Crippen LogP contribution in [0.2, 0.25) is 0 Å². The average molecular weight is 269 g/mol. The number of nitrogens with two attached hydrogens (primary N) is 1. The summed E-state index contributed by atoms with van der Waals surface area (Å²) in [7, 11) is 0. The van der Waals surface area contributed by atoms with Crippen molar-refractivity contribution in [2.75, 3.05) is 11.1 Å². The topological polar surface area (TPSA) is 61.9 Å². The lowest BCUT2D eigenvalue weighted by Crippen LogP contribution is -2.01. The van der Waals surface area contributed by atoms with E-state index in [-0.39, 0.29) is 5.82 Å². The lowest BCUT2D eigenvalue weighted by molar-refractivity contribution is 0.627. The van der Waals surface area contributed by atoms with Crippen molar-refractivity contribution in [1.29, 1.82) is 5.41 Å². The van der Waals surface area contributed by atoms with Gasteiger partial charge in [0.25, 0.3) is 0 Å². The Kier molecular flexibility index (Phi) is 4.15. The number of nitrogens with one attached hydrogen (secondary N) is 2. The van der Waals surface area contributed by atoms with Crippen LogP contribution in [0, 0.1) is 11.2 Å². The molecule has 0 aliphatic rings. The van der Waals surface area contributed by atoms with Crippen molar-refractivity contribution in [2.24, 2.45) is 0 Å². The van der Waals surface area contributed by atoms with E-state index in [1.807, 2.05) is 12.1 Å². The van der Waals surface area contributed by atoms with Crippen molar-refractivity contribution in [3.63, 3.8) is 0 Å². The van der Waals surface area contributed by atoms with E-state index in [1.165, 1.54) is 12.1 Å². The maximum atomic E-state index is 13.0. The molecule has 0 radical (unpaired) electrons. The van der Waals surface area contributed by atoms with Gasteiger partial charge in [-0.3, -0.25) is 0 Å². The molecule has 0 amide bonds. The first-order valence-electron chi connectivity index (χ1n) is 6.20. The molecule has 0 aliphatic carbocycles. The largest absolute Gasteiger partial charge is 0.399 e. The molecular formula is C16H16FN3. The standard InChI is InChI=1S/C16H16FN3/c1-11(18)10-16(12-2-4-13(17)5-3-12)20-15-8-6-14(19)7-9-15/h2-10,18,20H,19H2,1H3/b16-10-,18-11?. The number of allylic oxidation sites excluding steroid dienone is 1. The summed E-state index contributed by atoms with van der Waals surface area (Å²) in [5.41, 5.74) is 9.15. The number of nitrogen functional groups attached to an aromatic ring is 1. The van der Waals surface area contributed by atoms with Crippen LogP contribution in [0.25, 0.3) is 5.70 Å². The highest BCUT2D eigenvalue weighted by Gasteiger charge is 2.03. The zero-order valence-electron chi connectivity index (χ0n) is 11.2. The molecular weight excluding hydrogens is 253 g/mol. The number of rotatable bonds is 4. The quantitative estimate of drug-likeness (QED) is 0.582. The van der Waals surface area contributed by atoms with E-state index < -0.39 is 0 Å². The molecule has 3 nitrogen and oxygen atoms in total. The Morgan fingerprint density at radius 3 is 2.25 bits per heavy atom. The molecule has 0 heterocycles. The van der Waals surface area contributed by atoms with E-state index >= 15 is 0 Å². The second kappa shape index (κ2) is 6.02. The van der Waals surface area contributed by atoms with Gasteiger partial charge in [-0.25, -0.2) is 4.39 Å². The summed E-state index contributed by atoms with van der Waals surface area (Å²) in [6.45, 7) is 1.69. The van der Waals surface area contributed by atoms with Crippen molar-refractivity contribution in [1.82, 2.24) is 0 Å². The third-order valence-electron chi connectivity index (χ3n) is 2.71. The second-order valence-electron chi connectivity index (χ2n) is 4.49. The molecule has 0 bridgehead atoms. The maximum absolute atomic E-state index is 13.0. The van der Waals surface area contributed by atoms with Gasteiger partial charge < -0.3 is 16.5 Å². The number of hydrogen-bond acceptors (Lipinski definition) is 3. The van der Waals surface area contributed by atoms with Gasteiger partial charge in [0.15, 0.2) is 0 Å². The zero-order chi connectivity index (χ0) is 14.5. The molecule has 0 aromatic heterocycles. The summed E-state index contributed by atoms with van der Waals surface area (Å²) in [6.07, 6.45) is 1.70. The Labute approximate surface area is 117 Å². The fraction of sp³-hybridized carbons (Fsp3) is 0.0625. The van der Waals surface area contributed by atoms with Gasteiger partial charge in [0.1, 0.15) is 5.82 Å². The Bertz CT molecular complexity index is 628. The van der Waals surface area contributed by atoms with Crippen molar-refractivity contribution in [3.05, 3.63) is 66.0 Å². The van der Waals surface area contributed by atoms with Gasteiger partial charge in [0.2, 0.25) is 0 Å². The van der Waals surface area contributed by atoms with Crippen LogP contribution in [-0.4, -0.2) is 5.71 Å². The predicted octanol–water partition coefficient (Wildman–Crippen LogP) is 3.90. The normalized spacial score (nSPS) is 11.2. The lowest BCUT2D eigenvalue weighted by atomic mass is 10.1. The first-order valence-corrected chi connectivity index (χ1v) is 6.20. The highest BCUT2D eigenvalue weighted by atomic mass is 19.1. The Morgan fingerprint density at radius 2 is 1.70 bits per heavy atom. The van der Waals surface area contributed by atoms with Crippen LogP contribution in [0.4, 0.5) is 15.8 Å². The molecule has 2 aromatic rings. The van der Waals surface area contributed by atoms with E-state index in [4.69, 9.17) is 11.1 Å². The summed E-state index contributed by atoms with van der Waals surface area (Å²) < 4.78 is 13.0. The third-order valence-corrected chi connectivity index (χ3v) is 2.71. The van der Waals surface area contributed by atoms with Crippen LogP contribution in [0.15, 0.2) is 54.6 Å². The van der Waals surface area contributed by atoms with Gasteiger partial charge in [-0.15, -0.1) is 0 Å². The monoisotopic (exact) mass is 269 g/mol. The minimum Gasteiger partial charge on any atom is -0.399 e. The van der Waals surface area contributed by atoms with Crippen molar-refractivity contribution < 1.29 is 4.39 Å². The van der Waals surface area contributed by atoms with E-state index in [2.05, 4.69) is 5.32 Å². The molecule has 102 valence electrons. The van der Waals surface area contributed by atoms with Crippen LogP contribution >= 0.6 is 0 Å². The number of benzene rings is 2. The van der Waals surface area contributed by atoms with Crippen molar-refractivity contribution in [2.45, 2.75) is 6.92 Å². The third kappa shape index (κ3) is 3.68. The fourth-order valence-corrected chi connectivity index (χ4v) is 1.76. The van der Waals surface area contributed by atoms with E-state index in [9.17, 15) is 4.39 Å². The Morgan fingerprint density at radius 1 is 1.10 bits per heavy atom. The fourth-order valence-electron chi connectivity index (χ4n) is 1.76. The van der Waals surface area contributed by atoms with Gasteiger partial charge in [0.05, 0.1) is 0 Å². The molecule has 0 spiro atoms. The molecule has 0 saturated heterocycles. The van der Waals surface area contributed by atoms with Crippen LogP contribution in [0.5, 0.6) is 0 Å². The number of hydrogen-bond donors (Lipinski definition) is 3. The maximum Gasteiger partial charge on any atom is 0.123 e. The molecule has 0 aliphatic heterocycles. The van der Waals surface area contributed by atoms with Crippen LogP contribution in [-0.2, 0) is 0 Å².